The highest BCUT2D eigenvalue weighted by atomic mass is 31.1. The van der Waals surface area contributed by atoms with Gasteiger partial charge in [0.1, 0.15) is 0 Å². The molecule has 0 amide bonds. The maximum Gasteiger partial charge on any atom is 0.495 e. The molecular weight excluding hydrogens is 424 g/mol. The molecule has 33 heavy (non-hydrogen) atoms. The number of hydrogen-bond donors (Lipinski definition) is 0. The Bertz CT molecular complexity index is 1230. The molecule has 170 valence electrons. The zero-order valence-electron chi connectivity index (χ0n) is 21.0. The molecule has 1 saturated heterocycles. The van der Waals surface area contributed by atoms with Gasteiger partial charge in [-0.15, -0.1) is 0 Å². The molecule has 3 nitrogen and oxygen atoms in total. The molecule has 1 aromatic heterocycles. The van der Waals surface area contributed by atoms with Gasteiger partial charge in [-0.1, -0.05) is 46.0 Å². The third-order valence-electron chi connectivity index (χ3n) is 7.85. The van der Waals surface area contributed by atoms with Crippen molar-refractivity contribution in [3.8, 4) is 22.3 Å². The zero-order valence-corrected chi connectivity index (χ0v) is 21.9. The van der Waals surface area contributed by atoms with E-state index >= 15 is 0 Å². The number of rotatable bonds is 3. The minimum Gasteiger partial charge on any atom is -0.399 e. The molecule has 3 aromatic rings. The summed E-state index contributed by atoms with van der Waals surface area (Å²) in [7, 11) is -0.538. The highest BCUT2D eigenvalue weighted by Crippen LogP contribution is 2.50. The number of pyridine rings is 1. The molecule has 0 bridgehead atoms. The SMILES string of the molecule is CP(C)c1ccc2c(c1)C(C)(C)c1cc(-c3cnccc3B3OC(C)(C)C(C)(C)O3)ccc1-2. The van der Waals surface area contributed by atoms with Gasteiger partial charge in [0.2, 0.25) is 0 Å². The van der Waals surface area contributed by atoms with Gasteiger partial charge in [0.25, 0.3) is 0 Å². The van der Waals surface area contributed by atoms with Gasteiger partial charge in [0, 0.05) is 17.8 Å². The topological polar surface area (TPSA) is 31.4 Å². The van der Waals surface area contributed by atoms with Crippen LogP contribution in [0.1, 0.15) is 52.7 Å². The van der Waals surface area contributed by atoms with E-state index in [2.05, 4.69) is 96.3 Å². The Labute approximate surface area is 199 Å². The molecule has 1 aliphatic carbocycles. The van der Waals surface area contributed by atoms with Crippen molar-refractivity contribution in [2.45, 2.75) is 58.2 Å². The third kappa shape index (κ3) is 3.50. The number of benzene rings is 2. The summed E-state index contributed by atoms with van der Waals surface area (Å²) in [4.78, 5) is 4.46. The number of nitrogens with zero attached hydrogens (tertiary/aromatic N) is 1. The lowest BCUT2D eigenvalue weighted by molar-refractivity contribution is 0.00578. The van der Waals surface area contributed by atoms with Crippen LogP contribution in [0.4, 0.5) is 0 Å². The van der Waals surface area contributed by atoms with Crippen LogP contribution in [-0.2, 0) is 14.7 Å². The van der Waals surface area contributed by atoms with Crippen molar-refractivity contribution in [2.75, 3.05) is 13.3 Å². The van der Waals surface area contributed by atoms with Crippen LogP contribution in [0.3, 0.4) is 0 Å². The number of fused-ring (bicyclic) bond motifs is 3. The standard InChI is InChI=1S/C28H33BNO2P/c1-26(2)23-15-18(9-11-20(23)21-12-10-19(33(7)8)16-24(21)26)22-17-30-14-13-25(22)29-31-27(3,4)28(5,6)32-29/h9-17H,1-8H3. The normalized spacial score (nSPS) is 19.6. The number of hydrogen-bond acceptors (Lipinski definition) is 3. The van der Waals surface area contributed by atoms with E-state index in [-0.39, 0.29) is 24.5 Å². The van der Waals surface area contributed by atoms with E-state index in [1.807, 2.05) is 18.5 Å². The molecule has 0 atom stereocenters. The second kappa shape index (κ2) is 7.50. The van der Waals surface area contributed by atoms with Crippen molar-refractivity contribution >= 4 is 25.8 Å². The summed E-state index contributed by atoms with van der Waals surface area (Å²) in [5, 5.41) is 1.46. The maximum atomic E-state index is 6.38. The summed E-state index contributed by atoms with van der Waals surface area (Å²) >= 11 is 0. The average Bonchev–Trinajstić information content (AvgIpc) is 3.12. The average molecular weight is 457 g/mol. The Morgan fingerprint density at radius 3 is 2.00 bits per heavy atom. The van der Waals surface area contributed by atoms with Crippen molar-refractivity contribution in [2.24, 2.45) is 0 Å². The molecular formula is C28H33BNO2P. The summed E-state index contributed by atoms with van der Waals surface area (Å²) in [6.07, 6.45) is 3.77. The highest BCUT2D eigenvalue weighted by Gasteiger charge is 2.52. The van der Waals surface area contributed by atoms with Crippen LogP contribution in [0, 0.1) is 0 Å². The summed E-state index contributed by atoms with van der Waals surface area (Å²) in [5.74, 6) is 0. The van der Waals surface area contributed by atoms with Gasteiger partial charge in [-0.2, -0.15) is 0 Å². The molecule has 0 radical (unpaired) electrons. The minimum absolute atomic E-state index is 0.0469. The lowest BCUT2D eigenvalue weighted by Crippen LogP contribution is -2.41. The molecule has 0 spiro atoms. The second-order valence-corrected chi connectivity index (χ2v) is 13.4. The van der Waals surface area contributed by atoms with E-state index in [9.17, 15) is 0 Å². The van der Waals surface area contributed by atoms with E-state index in [4.69, 9.17) is 9.31 Å². The smallest absolute Gasteiger partial charge is 0.399 e. The first-order chi connectivity index (χ1) is 15.4. The van der Waals surface area contributed by atoms with Gasteiger partial charge >= 0.3 is 7.12 Å². The molecule has 1 aliphatic heterocycles. The molecule has 5 heteroatoms. The van der Waals surface area contributed by atoms with Crippen molar-refractivity contribution in [1.82, 2.24) is 4.98 Å². The quantitative estimate of drug-likeness (QED) is 0.372. The summed E-state index contributed by atoms with van der Waals surface area (Å²) in [6, 6.07) is 15.9. The Morgan fingerprint density at radius 1 is 0.758 bits per heavy atom. The monoisotopic (exact) mass is 457 g/mol. The predicted octanol–water partition coefficient (Wildman–Crippen LogP) is 5.72. The zero-order chi connectivity index (χ0) is 23.8. The fourth-order valence-electron chi connectivity index (χ4n) is 4.99. The lowest BCUT2D eigenvalue weighted by Gasteiger charge is -2.32. The van der Waals surface area contributed by atoms with E-state index < -0.39 is 7.12 Å². The van der Waals surface area contributed by atoms with E-state index in [0.29, 0.717) is 0 Å². The van der Waals surface area contributed by atoms with Crippen molar-refractivity contribution in [1.29, 1.82) is 0 Å². The Morgan fingerprint density at radius 2 is 1.36 bits per heavy atom. The first kappa shape index (κ1) is 22.8. The largest absolute Gasteiger partial charge is 0.495 e. The van der Waals surface area contributed by atoms with Crippen molar-refractivity contribution < 1.29 is 9.31 Å². The fraction of sp³-hybridized carbons (Fsp3) is 0.393. The minimum atomic E-state index is -0.414. The first-order valence-corrected chi connectivity index (χ1v) is 13.9. The lowest BCUT2D eigenvalue weighted by atomic mass is 9.74. The molecule has 1 fully saturated rings. The first-order valence-electron chi connectivity index (χ1n) is 11.7. The van der Waals surface area contributed by atoms with E-state index in [0.717, 1.165) is 16.6 Å². The van der Waals surface area contributed by atoms with Crippen LogP contribution in [0.2, 0.25) is 0 Å². The number of aromatic nitrogens is 1. The van der Waals surface area contributed by atoms with Crippen LogP contribution < -0.4 is 10.8 Å². The maximum absolute atomic E-state index is 6.38. The summed E-state index contributed by atoms with van der Waals surface area (Å²) < 4.78 is 12.8. The Balaban J connectivity index is 1.59. The molecule has 2 aromatic carbocycles. The summed E-state index contributed by atoms with van der Waals surface area (Å²) in [5.41, 5.74) is 7.94. The highest BCUT2D eigenvalue weighted by molar-refractivity contribution is 7.64. The van der Waals surface area contributed by atoms with Gasteiger partial charge in [-0.25, -0.2) is 0 Å². The van der Waals surface area contributed by atoms with Gasteiger partial charge in [-0.3, -0.25) is 4.98 Å². The molecule has 0 saturated carbocycles. The summed E-state index contributed by atoms with van der Waals surface area (Å²) in [6.45, 7) is 17.7. The van der Waals surface area contributed by atoms with Crippen LogP contribution >= 0.6 is 7.92 Å². The fourth-order valence-corrected chi connectivity index (χ4v) is 5.75. The molecule has 2 heterocycles. The van der Waals surface area contributed by atoms with Crippen molar-refractivity contribution in [3.05, 3.63) is 66.0 Å². The van der Waals surface area contributed by atoms with Crippen LogP contribution in [0.5, 0.6) is 0 Å². The van der Waals surface area contributed by atoms with Gasteiger partial charge < -0.3 is 9.31 Å². The molecule has 2 aliphatic rings. The van der Waals surface area contributed by atoms with Crippen LogP contribution in [0.15, 0.2) is 54.9 Å². The van der Waals surface area contributed by atoms with Crippen LogP contribution in [0.25, 0.3) is 22.3 Å². The molecule has 5 rings (SSSR count). The van der Waals surface area contributed by atoms with Gasteiger partial charge in [0.15, 0.2) is 0 Å². The van der Waals surface area contributed by atoms with Gasteiger partial charge in [-0.05, 0) is 103 Å². The predicted molar refractivity (Wildman–Crippen MR) is 141 cm³/mol. The van der Waals surface area contributed by atoms with E-state index in [1.54, 1.807) is 0 Å². The van der Waals surface area contributed by atoms with E-state index in [1.165, 1.54) is 27.6 Å². The van der Waals surface area contributed by atoms with Crippen LogP contribution in [-0.4, -0.2) is 36.6 Å². The molecule has 0 N–H and O–H groups in total. The Hall–Kier alpha value is -2.00. The molecule has 0 unspecified atom stereocenters. The van der Waals surface area contributed by atoms with Crippen molar-refractivity contribution in [3.63, 3.8) is 0 Å². The van der Waals surface area contributed by atoms with Gasteiger partial charge in [0.05, 0.1) is 11.2 Å². The second-order valence-electron chi connectivity index (χ2n) is 11.1. The third-order valence-corrected chi connectivity index (χ3v) is 9.16. The Kier molecular flexibility index (Phi) is 5.18.